The van der Waals surface area contributed by atoms with Crippen LogP contribution in [0.1, 0.15) is 5.56 Å². The van der Waals surface area contributed by atoms with Gasteiger partial charge in [0.25, 0.3) is 6.10 Å². The van der Waals surface area contributed by atoms with Gasteiger partial charge in [0.2, 0.25) is 12.6 Å². The Hall–Kier alpha value is -5.28. The fraction of sp³-hybridized carbons (Fsp3) is 0.333. The van der Waals surface area contributed by atoms with Crippen LogP contribution >= 0.6 is 0 Å². The first-order valence-corrected chi connectivity index (χ1v) is 16.4. The van der Waals surface area contributed by atoms with Crippen molar-refractivity contribution in [2.45, 2.75) is 61.4 Å². The van der Waals surface area contributed by atoms with Crippen molar-refractivity contribution < 1.29 is 84.0 Å². The third kappa shape index (κ3) is 7.97. The number of fused-ring (bicyclic) bond motifs is 1. The van der Waals surface area contributed by atoms with Crippen LogP contribution in [0.2, 0.25) is 0 Å². The van der Waals surface area contributed by atoms with Crippen LogP contribution in [-0.4, -0.2) is 136 Å². The minimum absolute atomic E-state index is 0.00764. The zero-order valence-electron chi connectivity index (χ0n) is 27.9. The van der Waals surface area contributed by atoms with E-state index < -0.39 is 97.5 Å². The molecule has 288 valence electrons. The highest BCUT2D eigenvalue weighted by molar-refractivity contribution is 5.88. The first-order valence-electron chi connectivity index (χ1n) is 16.4. The molecular formula is C36H37O18+. The van der Waals surface area contributed by atoms with Gasteiger partial charge in [-0.05, 0) is 54.1 Å². The molecule has 2 saturated heterocycles. The molecule has 54 heavy (non-hydrogen) atoms. The molecule has 0 bridgehead atoms. The number of aliphatic hydroxyl groups is 6. The van der Waals surface area contributed by atoms with Gasteiger partial charge in [0, 0.05) is 17.7 Å². The molecule has 10 atom stereocenters. The van der Waals surface area contributed by atoms with E-state index in [1.54, 1.807) is 0 Å². The summed E-state index contributed by atoms with van der Waals surface area (Å²) in [5, 5.41) is 103. The predicted molar refractivity (Wildman–Crippen MR) is 182 cm³/mol. The molecule has 0 amide bonds. The zero-order valence-corrected chi connectivity index (χ0v) is 27.9. The summed E-state index contributed by atoms with van der Waals surface area (Å²) in [7, 11) is 0. The molecule has 3 heterocycles. The smallest absolute Gasteiger partial charge is 0.508 e. The fourth-order valence-corrected chi connectivity index (χ4v) is 5.93. The molecule has 1 aliphatic carbocycles. The number of hydrogen-bond acceptors (Lipinski definition) is 17. The van der Waals surface area contributed by atoms with Crippen molar-refractivity contribution in [3.8, 4) is 51.4 Å². The molecule has 2 aromatic carbocycles. The van der Waals surface area contributed by atoms with Gasteiger partial charge >= 0.3 is 5.97 Å². The maximum Gasteiger partial charge on any atom is 0.510 e. The second-order valence-corrected chi connectivity index (χ2v) is 12.5. The van der Waals surface area contributed by atoms with Gasteiger partial charge in [-0.3, -0.25) is 4.79 Å². The Kier molecular flexibility index (Phi) is 11.4. The molecule has 0 aromatic heterocycles. The normalized spacial score (nSPS) is 28.6. The van der Waals surface area contributed by atoms with Gasteiger partial charge < -0.3 is 84.0 Å². The highest BCUT2D eigenvalue weighted by atomic mass is 16.8. The molecule has 18 nitrogen and oxygen atoms in total. The summed E-state index contributed by atoms with van der Waals surface area (Å²) in [6, 6.07) is 12.6. The van der Waals surface area contributed by atoms with E-state index in [2.05, 4.69) is 0 Å². The Morgan fingerprint density at radius 3 is 2.04 bits per heavy atom. The van der Waals surface area contributed by atoms with Gasteiger partial charge in [0.1, 0.15) is 47.8 Å². The van der Waals surface area contributed by atoms with Crippen molar-refractivity contribution >= 4 is 12.0 Å². The largest absolute Gasteiger partial charge is 0.510 e. The summed E-state index contributed by atoms with van der Waals surface area (Å²) >= 11 is 0. The summed E-state index contributed by atoms with van der Waals surface area (Å²) in [5.41, 5.74) is 0.0324. The minimum atomic E-state index is -1.94. The van der Waals surface area contributed by atoms with E-state index in [1.165, 1.54) is 54.6 Å². The molecule has 0 radical (unpaired) electrons. The molecule has 11 N–H and O–H groups in total. The van der Waals surface area contributed by atoms with Gasteiger partial charge in [-0.1, -0.05) is 6.07 Å². The standard InChI is InChI=1S/C36H36O18/c37-13-25-29(46)31(48)34(35(51-25)50-24-12-19-21(42)10-18(40)11-23(19)49-32(24)16-3-5-17(39)6-4-16)54-36-33(30(47)28(45)26(14-38)52-36)53-27(44)8-2-15-1-7-20(41)22(43)9-15/h1-12,25-26,28-31,33-39,41-43,45-48H,13-14H2/p+1/t25-,26-,28-,29+,30+,31+,33-,34-,35-,36+/m1/s1. The van der Waals surface area contributed by atoms with E-state index in [9.17, 15) is 60.7 Å². The first kappa shape index (κ1) is 38.4. The Morgan fingerprint density at radius 1 is 0.741 bits per heavy atom. The number of hydrogen-bond donors (Lipinski definition) is 10. The number of phenolic OH excluding ortho intramolecular Hbond substituents is 4. The number of ether oxygens (including phenoxy) is 5. The number of aliphatic hydroxyl groups excluding tert-OH is 6. The molecule has 4 aliphatic rings. The molecule has 3 aliphatic heterocycles. The molecule has 6 rings (SSSR count). The van der Waals surface area contributed by atoms with Crippen molar-refractivity contribution in [3.05, 3.63) is 82.5 Å². The summed E-state index contributed by atoms with van der Waals surface area (Å²) in [6.45, 7) is -1.66. The molecule has 2 fully saturated rings. The number of rotatable bonds is 10. The Labute approximate surface area is 304 Å². The minimum Gasteiger partial charge on any atom is -0.508 e. The number of esters is 1. The van der Waals surface area contributed by atoms with Crippen LogP contribution in [0, 0.1) is 0 Å². The van der Waals surface area contributed by atoms with Gasteiger partial charge in [-0.25, -0.2) is 0 Å². The molecule has 0 saturated carbocycles. The average Bonchev–Trinajstić information content (AvgIpc) is 3.14. The quantitative estimate of drug-likeness (QED) is 0.0421. The van der Waals surface area contributed by atoms with Crippen molar-refractivity contribution in [1.29, 1.82) is 0 Å². The average molecular weight is 758 g/mol. The lowest BCUT2D eigenvalue weighted by atomic mass is 9.97. The fourth-order valence-electron chi connectivity index (χ4n) is 5.93. The third-order valence-electron chi connectivity index (χ3n) is 8.79. The van der Waals surface area contributed by atoms with Crippen LogP contribution in [0.15, 0.2) is 76.0 Å². The first-order chi connectivity index (χ1) is 25.8. The van der Waals surface area contributed by atoms with Crippen molar-refractivity contribution in [1.82, 2.24) is 0 Å². The monoisotopic (exact) mass is 757 g/mol. The van der Waals surface area contributed by atoms with E-state index in [4.69, 9.17) is 28.1 Å². The van der Waals surface area contributed by atoms with Gasteiger partial charge in [0.05, 0.1) is 24.9 Å². The molecular weight excluding hydrogens is 720 g/mol. The van der Waals surface area contributed by atoms with Gasteiger partial charge in [-0.15, -0.1) is 0 Å². The number of aromatic hydroxyl groups is 4. The number of phenols is 4. The Morgan fingerprint density at radius 2 is 1.39 bits per heavy atom. The van der Waals surface area contributed by atoms with Crippen LogP contribution in [0.5, 0.6) is 28.7 Å². The van der Waals surface area contributed by atoms with Crippen molar-refractivity contribution in [2.75, 3.05) is 13.2 Å². The van der Waals surface area contributed by atoms with E-state index in [1.807, 2.05) is 0 Å². The third-order valence-corrected chi connectivity index (χ3v) is 8.79. The van der Waals surface area contributed by atoms with E-state index in [0.717, 1.165) is 18.2 Å². The van der Waals surface area contributed by atoms with Gasteiger partial charge in [0.15, 0.2) is 40.6 Å². The second-order valence-electron chi connectivity index (χ2n) is 12.5. The molecule has 18 heteroatoms. The maximum absolute atomic E-state index is 12.2. The predicted octanol–water partition coefficient (Wildman–Crippen LogP) is -0.523. The van der Waals surface area contributed by atoms with E-state index >= 15 is 0 Å². The van der Waals surface area contributed by atoms with Crippen LogP contribution in [-0.2, 0) is 18.9 Å². The number of benzene rings is 3. The molecule has 0 unspecified atom stereocenters. The Balaban J connectivity index is 1.35. The van der Waals surface area contributed by atoms with Gasteiger partial charge in [-0.2, -0.15) is 0 Å². The lowest BCUT2D eigenvalue weighted by Gasteiger charge is -2.45. The highest BCUT2D eigenvalue weighted by Gasteiger charge is 2.55. The highest BCUT2D eigenvalue weighted by Crippen LogP contribution is 2.42. The lowest BCUT2D eigenvalue weighted by Crippen LogP contribution is -2.65. The van der Waals surface area contributed by atoms with E-state index in [-0.39, 0.29) is 34.3 Å². The summed E-state index contributed by atoms with van der Waals surface area (Å²) in [4.78, 5) is 22.8. The summed E-state index contributed by atoms with van der Waals surface area (Å²) in [5.74, 6) is -2.60. The van der Waals surface area contributed by atoms with Crippen molar-refractivity contribution in [2.24, 2.45) is 0 Å². The SMILES string of the molecule is O=c1cc2oc(-c3ccc(O)cc3)c(O[C@@H]3O[C@H](CO)[C@H](O)[C@H](O)[C@H]3O[C@@H]3O[C@H](CO)[C@@H](O)[C@H](O)[C@H]3OC(=[OH+])C=Cc3ccc(O)c(O)c3)cc-2c(O)c1. The maximum atomic E-state index is 12.2. The van der Waals surface area contributed by atoms with Crippen LogP contribution in [0.25, 0.3) is 28.7 Å². The second kappa shape index (κ2) is 16.0. The molecule has 0 spiro atoms. The van der Waals surface area contributed by atoms with Crippen LogP contribution in [0.4, 0.5) is 0 Å². The zero-order chi connectivity index (χ0) is 38.8. The Bertz CT molecular complexity index is 1990. The number of carbonyl (C=O) groups excluding carboxylic acids is 1. The lowest BCUT2D eigenvalue weighted by molar-refractivity contribution is -0.356. The summed E-state index contributed by atoms with van der Waals surface area (Å²) in [6.07, 6.45) is -15.4. The van der Waals surface area contributed by atoms with E-state index in [0.29, 0.717) is 11.1 Å². The molecule has 2 aromatic rings. The van der Waals surface area contributed by atoms with Crippen LogP contribution < -0.4 is 10.2 Å². The topological polar surface area (TPSA) is 300 Å². The van der Waals surface area contributed by atoms with Crippen LogP contribution in [0.3, 0.4) is 0 Å². The van der Waals surface area contributed by atoms with Crippen molar-refractivity contribution in [3.63, 3.8) is 0 Å². The summed E-state index contributed by atoms with van der Waals surface area (Å²) < 4.78 is 35.1.